The summed E-state index contributed by atoms with van der Waals surface area (Å²) in [4.78, 5) is 70.1. The molecule has 0 radical (unpaired) electrons. The van der Waals surface area contributed by atoms with Crippen molar-refractivity contribution in [3.05, 3.63) is 65.9 Å². The summed E-state index contributed by atoms with van der Waals surface area (Å²) < 4.78 is 6.15. The van der Waals surface area contributed by atoms with Crippen LogP contribution in [0.2, 0.25) is 0 Å². The molecule has 0 saturated carbocycles. The predicted molar refractivity (Wildman–Crippen MR) is 169 cm³/mol. The van der Waals surface area contributed by atoms with Gasteiger partial charge in [0.2, 0.25) is 23.6 Å². The van der Waals surface area contributed by atoms with Gasteiger partial charge in [0.25, 0.3) is 5.91 Å². The molecular formula is C33H41N7O6. The fourth-order valence-corrected chi connectivity index (χ4v) is 5.87. The van der Waals surface area contributed by atoms with Crippen molar-refractivity contribution in [3.63, 3.8) is 0 Å². The molecule has 5 rings (SSSR count). The number of ether oxygens (including phenoxy) is 1. The number of likely N-dealkylation sites (N-methyl/N-ethyl adjacent to an activating group) is 1. The van der Waals surface area contributed by atoms with Gasteiger partial charge in [0.1, 0.15) is 12.1 Å². The van der Waals surface area contributed by atoms with Crippen LogP contribution in [0.4, 0.5) is 0 Å². The first-order chi connectivity index (χ1) is 22.1. The van der Waals surface area contributed by atoms with Crippen molar-refractivity contribution in [1.29, 1.82) is 0 Å². The van der Waals surface area contributed by atoms with Crippen molar-refractivity contribution < 1.29 is 28.7 Å². The maximum atomic E-state index is 13.7. The summed E-state index contributed by atoms with van der Waals surface area (Å²) in [6.07, 6.45) is -1.24. The first-order valence-electron chi connectivity index (χ1n) is 15.6. The fraction of sp³-hybridized carbons (Fsp3) is 0.455. The normalized spacial score (nSPS) is 23.4. The molecule has 46 heavy (non-hydrogen) atoms. The van der Waals surface area contributed by atoms with E-state index >= 15 is 0 Å². The number of aromatic nitrogens is 2. The van der Waals surface area contributed by atoms with Crippen LogP contribution in [0, 0.1) is 5.92 Å². The summed E-state index contributed by atoms with van der Waals surface area (Å²) in [7, 11) is 1.48. The van der Waals surface area contributed by atoms with Crippen molar-refractivity contribution in [2.24, 2.45) is 5.92 Å². The molecule has 13 nitrogen and oxygen atoms in total. The van der Waals surface area contributed by atoms with E-state index in [-0.39, 0.29) is 50.8 Å². The number of nitrogens with zero attached hydrogens (tertiary/aromatic N) is 3. The number of hydrogen-bond acceptors (Lipinski definition) is 7. The Morgan fingerprint density at radius 1 is 0.957 bits per heavy atom. The molecular weight excluding hydrogens is 590 g/mol. The molecule has 244 valence electrons. The molecule has 2 aromatic carbocycles. The highest BCUT2D eigenvalue weighted by atomic mass is 16.5. The highest BCUT2D eigenvalue weighted by molar-refractivity contribution is 5.94. The molecule has 0 unspecified atom stereocenters. The second-order valence-electron chi connectivity index (χ2n) is 12.4. The lowest BCUT2D eigenvalue weighted by atomic mass is 10.0. The van der Waals surface area contributed by atoms with Gasteiger partial charge in [-0.3, -0.25) is 29.1 Å². The lowest BCUT2D eigenvalue weighted by Crippen LogP contribution is -2.60. The van der Waals surface area contributed by atoms with E-state index in [1.54, 1.807) is 4.90 Å². The van der Waals surface area contributed by atoms with E-state index in [0.29, 0.717) is 12.1 Å². The molecule has 0 spiro atoms. The first-order valence-corrected chi connectivity index (χ1v) is 15.6. The number of amides is 5. The Bertz CT molecular complexity index is 1570. The van der Waals surface area contributed by atoms with E-state index in [1.807, 2.05) is 68.4 Å². The largest absolute Gasteiger partial charge is 0.360 e. The summed E-state index contributed by atoms with van der Waals surface area (Å²) in [5.74, 6) is -2.10. The monoisotopic (exact) mass is 631 g/mol. The minimum atomic E-state index is -1.11. The summed E-state index contributed by atoms with van der Waals surface area (Å²) in [5, 5.41) is 16.5. The Morgan fingerprint density at radius 3 is 2.46 bits per heavy atom. The number of morpholine rings is 1. The van der Waals surface area contributed by atoms with Crippen LogP contribution in [-0.4, -0.2) is 107 Å². The average Bonchev–Trinajstić information content (AvgIpc) is 3.44. The van der Waals surface area contributed by atoms with Crippen molar-refractivity contribution in [2.45, 2.75) is 57.4 Å². The maximum Gasteiger partial charge on any atom is 0.251 e. The zero-order valence-corrected chi connectivity index (χ0v) is 26.3. The number of benzene rings is 2. The van der Waals surface area contributed by atoms with Crippen LogP contribution in [-0.2, 0) is 41.6 Å². The highest BCUT2D eigenvalue weighted by Crippen LogP contribution is 2.19. The summed E-state index contributed by atoms with van der Waals surface area (Å²) >= 11 is 0. The van der Waals surface area contributed by atoms with Gasteiger partial charge >= 0.3 is 0 Å². The van der Waals surface area contributed by atoms with Gasteiger partial charge in [-0.05, 0) is 24.0 Å². The van der Waals surface area contributed by atoms with Gasteiger partial charge < -0.3 is 30.5 Å². The molecule has 4 N–H and O–H groups in total. The van der Waals surface area contributed by atoms with Crippen LogP contribution in [0.1, 0.15) is 31.5 Å². The zero-order chi connectivity index (χ0) is 32.8. The first kappa shape index (κ1) is 32.6. The number of rotatable bonds is 6. The molecule has 2 fully saturated rings. The van der Waals surface area contributed by atoms with Crippen molar-refractivity contribution in [3.8, 4) is 0 Å². The van der Waals surface area contributed by atoms with Gasteiger partial charge in [-0.25, -0.2) is 0 Å². The van der Waals surface area contributed by atoms with Crippen LogP contribution in [0.25, 0.3) is 10.9 Å². The number of hydrogen-bond donors (Lipinski definition) is 4. The number of H-pyrrole nitrogens is 1. The Kier molecular flexibility index (Phi) is 10.3. The third-order valence-electron chi connectivity index (χ3n) is 8.20. The van der Waals surface area contributed by atoms with E-state index in [9.17, 15) is 24.0 Å². The van der Waals surface area contributed by atoms with E-state index in [0.717, 1.165) is 16.5 Å². The second-order valence-corrected chi connectivity index (χ2v) is 12.4. The third-order valence-corrected chi connectivity index (χ3v) is 8.20. The predicted octanol–water partition coefficient (Wildman–Crippen LogP) is 0.548. The van der Waals surface area contributed by atoms with Crippen LogP contribution >= 0.6 is 0 Å². The lowest BCUT2D eigenvalue weighted by molar-refractivity contribution is -0.157. The maximum absolute atomic E-state index is 13.7. The SMILES string of the molecule is CC(C)C[C@@H]1NC(=O)CN(C)C(=O)[C@@H](Cc2ccccc2)NC(=O)[C@H]2CN(C(=O)Cc3[nH]nc4ccccc34)C[C@@H](CNC1=O)O2. The number of fused-ring (bicyclic) bond motifs is 3. The summed E-state index contributed by atoms with van der Waals surface area (Å²) in [6, 6.07) is 14.9. The van der Waals surface area contributed by atoms with Gasteiger partial charge in [-0.2, -0.15) is 5.10 Å². The quantitative estimate of drug-likeness (QED) is 0.308. The average molecular weight is 632 g/mol. The van der Waals surface area contributed by atoms with Crippen molar-refractivity contribution >= 4 is 40.4 Å². The van der Waals surface area contributed by atoms with E-state index < -0.39 is 47.9 Å². The topological polar surface area (TPSA) is 166 Å². The lowest BCUT2D eigenvalue weighted by Gasteiger charge is -2.38. The molecule has 2 bridgehead atoms. The molecule has 2 aliphatic rings. The van der Waals surface area contributed by atoms with Crippen LogP contribution in [0.3, 0.4) is 0 Å². The molecule has 2 saturated heterocycles. The fourth-order valence-electron chi connectivity index (χ4n) is 5.87. The molecule has 3 aromatic rings. The zero-order valence-electron chi connectivity index (χ0n) is 26.3. The highest BCUT2D eigenvalue weighted by Gasteiger charge is 2.38. The molecule has 5 amide bonds. The van der Waals surface area contributed by atoms with Gasteiger partial charge in [0.15, 0.2) is 6.10 Å². The molecule has 4 atom stereocenters. The van der Waals surface area contributed by atoms with Gasteiger partial charge in [-0.15, -0.1) is 0 Å². The van der Waals surface area contributed by atoms with Gasteiger partial charge in [-0.1, -0.05) is 62.4 Å². The van der Waals surface area contributed by atoms with Crippen LogP contribution in [0.15, 0.2) is 54.6 Å². The van der Waals surface area contributed by atoms with Gasteiger partial charge in [0, 0.05) is 31.9 Å². The number of nitrogens with one attached hydrogen (secondary N) is 4. The Hall–Kier alpha value is -4.78. The molecule has 3 heterocycles. The van der Waals surface area contributed by atoms with Gasteiger partial charge in [0.05, 0.1) is 36.8 Å². The summed E-state index contributed by atoms with van der Waals surface area (Å²) in [5.41, 5.74) is 2.21. The smallest absolute Gasteiger partial charge is 0.251 e. The summed E-state index contributed by atoms with van der Waals surface area (Å²) in [6.45, 7) is 3.68. The minimum absolute atomic E-state index is 0.0100. The second kappa shape index (κ2) is 14.5. The van der Waals surface area contributed by atoms with Crippen molar-refractivity contribution in [1.82, 2.24) is 35.9 Å². The standard InChI is InChI=1S/C33H41N7O6/c1-20(2)13-26-31(43)34-16-22-17-40(30(42)15-25-23-11-7-8-12-24(23)37-38-25)18-28(46-22)32(44)36-27(14-21-9-5-4-6-10-21)33(45)39(3)19-29(41)35-26/h4-12,20,22,26-28H,13-19H2,1-3H3,(H,34,43)(H,35,41)(H,36,44)(H,37,38)/t22-,26+,27-,28-/m1/s1. The van der Waals surface area contributed by atoms with Crippen molar-refractivity contribution in [2.75, 3.05) is 33.2 Å². The van der Waals surface area contributed by atoms with E-state index in [2.05, 4.69) is 26.1 Å². The molecule has 13 heteroatoms. The van der Waals surface area contributed by atoms with E-state index in [4.69, 9.17) is 4.74 Å². The number of aromatic amines is 1. The van der Waals surface area contributed by atoms with E-state index in [1.165, 1.54) is 11.9 Å². The number of carbonyl (C=O) groups excluding carboxylic acids is 5. The van der Waals surface area contributed by atoms with Crippen LogP contribution < -0.4 is 16.0 Å². The Labute approximate surface area is 267 Å². The molecule has 2 aliphatic heterocycles. The number of carbonyl (C=O) groups is 5. The third kappa shape index (κ3) is 8.08. The Morgan fingerprint density at radius 2 is 1.70 bits per heavy atom. The Balaban J connectivity index is 1.42. The molecule has 1 aromatic heterocycles. The molecule has 0 aliphatic carbocycles. The minimum Gasteiger partial charge on any atom is -0.360 e. The number of para-hydroxylation sites is 1. The van der Waals surface area contributed by atoms with Crippen LogP contribution in [0.5, 0.6) is 0 Å².